The van der Waals surface area contributed by atoms with E-state index in [1.165, 1.54) is 0 Å². The van der Waals surface area contributed by atoms with E-state index in [1.807, 2.05) is 30.3 Å². The first kappa shape index (κ1) is 16.2. The Labute approximate surface area is 135 Å². The number of hydrogen-bond donors (Lipinski definition) is 2. The fourth-order valence-electron chi connectivity index (χ4n) is 2.05. The molecule has 0 unspecified atom stereocenters. The molecule has 116 valence electrons. The number of thiocarbonyl (C=S) groups is 1. The number of methoxy groups -OCH3 is 2. The molecule has 2 aromatic rings. The summed E-state index contributed by atoms with van der Waals surface area (Å²) in [6, 6.07) is 12.0. The first-order chi connectivity index (χ1) is 10.8. The van der Waals surface area contributed by atoms with E-state index < -0.39 is 0 Å². The van der Waals surface area contributed by atoms with Crippen LogP contribution in [0.2, 0.25) is 0 Å². The molecular formula is C16H19N3O2S. The van der Waals surface area contributed by atoms with Crippen LogP contribution < -0.4 is 15.5 Å². The van der Waals surface area contributed by atoms with Crippen LogP contribution in [-0.2, 0) is 4.74 Å². The molecule has 2 rings (SSSR count). The van der Waals surface area contributed by atoms with Gasteiger partial charge in [-0.25, -0.2) is 0 Å². The molecule has 22 heavy (non-hydrogen) atoms. The van der Waals surface area contributed by atoms with Crippen molar-refractivity contribution in [1.82, 2.24) is 10.7 Å². The number of nitrogens with zero attached hydrogens (tertiary/aromatic N) is 1. The molecule has 0 atom stereocenters. The molecule has 0 saturated carbocycles. The lowest BCUT2D eigenvalue weighted by molar-refractivity contribution is 0.204. The third-order valence-electron chi connectivity index (χ3n) is 3.10. The van der Waals surface area contributed by atoms with Crippen molar-refractivity contribution >= 4 is 34.3 Å². The van der Waals surface area contributed by atoms with Gasteiger partial charge in [0.1, 0.15) is 5.75 Å². The van der Waals surface area contributed by atoms with E-state index in [2.05, 4.69) is 21.9 Å². The van der Waals surface area contributed by atoms with Crippen LogP contribution in [0.5, 0.6) is 5.75 Å². The third kappa shape index (κ3) is 4.16. The van der Waals surface area contributed by atoms with E-state index >= 15 is 0 Å². The third-order valence-corrected chi connectivity index (χ3v) is 3.34. The van der Waals surface area contributed by atoms with E-state index in [-0.39, 0.29) is 0 Å². The molecule has 5 nitrogen and oxygen atoms in total. The predicted octanol–water partition coefficient (Wildman–Crippen LogP) is 2.29. The summed E-state index contributed by atoms with van der Waals surface area (Å²) in [6.45, 7) is 1.22. The molecule has 0 fully saturated rings. The lowest BCUT2D eigenvalue weighted by Crippen LogP contribution is -2.34. The van der Waals surface area contributed by atoms with Crippen molar-refractivity contribution in [1.29, 1.82) is 0 Å². The highest BCUT2D eigenvalue weighted by Gasteiger charge is 2.05. The Morgan fingerprint density at radius 2 is 2.05 bits per heavy atom. The van der Waals surface area contributed by atoms with Gasteiger partial charge in [0.25, 0.3) is 0 Å². The summed E-state index contributed by atoms with van der Waals surface area (Å²) in [4.78, 5) is 0. The van der Waals surface area contributed by atoms with E-state index in [9.17, 15) is 0 Å². The SMILES string of the molecule is COCCNC(=S)N/N=C\c1c(OC)ccc2ccccc12. The summed E-state index contributed by atoms with van der Waals surface area (Å²) in [6.07, 6.45) is 1.71. The average molecular weight is 317 g/mol. The van der Waals surface area contributed by atoms with Gasteiger partial charge in [0.05, 0.1) is 19.9 Å². The number of ether oxygens (including phenoxy) is 2. The number of fused-ring (bicyclic) bond motifs is 1. The summed E-state index contributed by atoms with van der Waals surface area (Å²) in [7, 11) is 3.29. The topological polar surface area (TPSA) is 54.9 Å². The fraction of sp³-hybridized carbons (Fsp3) is 0.250. The van der Waals surface area contributed by atoms with Gasteiger partial charge >= 0.3 is 0 Å². The van der Waals surface area contributed by atoms with Gasteiger partial charge in [0.15, 0.2) is 5.11 Å². The van der Waals surface area contributed by atoms with Crippen molar-refractivity contribution in [3.63, 3.8) is 0 Å². The Balaban J connectivity index is 2.13. The predicted molar refractivity (Wildman–Crippen MR) is 93.7 cm³/mol. The minimum absolute atomic E-state index is 0.451. The van der Waals surface area contributed by atoms with E-state index in [0.717, 1.165) is 22.1 Å². The maximum absolute atomic E-state index is 5.41. The second-order valence-electron chi connectivity index (χ2n) is 4.52. The summed E-state index contributed by atoms with van der Waals surface area (Å²) in [5, 5.41) is 9.82. The van der Waals surface area contributed by atoms with E-state index in [1.54, 1.807) is 20.4 Å². The van der Waals surface area contributed by atoms with E-state index in [4.69, 9.17) is 21.7 Å². The second kappa shape index (κ2) is 8.31. The van der Waals surface area contributed by atoms with Crippen LogP contribution in [0.15, 0.2) is 41.5 Å². The van der Waals surface area contributed by atoms with Crippen LogP contribution in [0.25, 0.3) is 10.8 Å². The Bertz CT molecular complexity index is 673. The second-order valence-corrected chi connectivity index (χ2v) is 4.93. The van der Waals surface area contributed by atoms with Gasteiger partial charge in [0, 0.05) is 19.2 Å². The smallest absolute Gasteiger partial charge is 0.187 e. The Kier molecular flexibility index (Phi) is 6.12. The van der Waals surface area contributed by atoms with Gasteiger partial charge in [-0.2, -0.15) is 5.10 Å². The zero-order valence-electron chi connectivity index (χ0n) is 12.6. The van der Waals surface area contributed by atoms with Crippen molar-refractivity contribution in [2.75, 3.05) is 27.4 Å². The summed E-state index contributed by atoms with van der Waals surface area (Å²) >= 11 is 5.12. The molecule has 0 aliphatic rings. The fourth-order valence-corrected chi connectivity index (χ4v) is 2.20. The zero-order chi connectivity index (χ0) is 15.8. The number of hydrazone groups is 1. The molecule has 0 aliphatic carbocycles. The lowest BCUT2D eigenvalue weighted by atomic mass is 10.0. The number of benzene rings is 2. The normalized spacial score (nSPS) is 10.8. The molecule has 2 aromatic carbocycles. The molecule has 0 aliphatic heterocycles. The lowest BCUT2D eigenvalue weighted by Gasteiger charge is -2.09. The maximum Gasteiger partial charge on any atom is 0.187 e. The molecule has 0 aromatic heterocycles. The Morgan fingerprint density at radius 3 is 2.82 bits per heavy atom. The molecule has 0 bridgehead atoms. The van der Waals surface area contributed by atoms with Crippen molar-refractivity contribution in [3.8, 4) is 5.75 Å². The summed E-state index contributed by atoms with van der Waals surface area (Å²) < 4.78 is 10.3. The zero-order valence-corrected chi connectivity index (χ0v) is 13.4. The molecular weight excluding hydrogens is 298 g/mol. The van der Waals surface area contributed by atoms with Gasteiger partial charge in [-0.15, -0.1) is 0 Å². The summed E-state index contributed by atoms with van der Waals surface area (Å²) in [5.41, 5.74) is 3.69. The van der Waals surface area contributed by atoms with Crippen molar-refractivity contribution in [3.05, 3.63) is 42.0 Å². The van der Waals surface area contributed by atoms with Crippen LogP contribution in [0, 0.1) is 0 Å². The van der Waals surface area contributed by atoms with Crippen LogP contribution >= 0.6 is 12.2 Å². The maximum atomic E-state index is 5.41. The molecule has 6 heteroatoms. The van der Waals surface area contributed by atoms with Crippen LogP contribution in [0.3, 0.4) is 0 Å². The molecule has 0 spiro atoms. The van der Waals surface area contributed by atoms with Gasteiger partial charge in [-0.05, 0) is 29.1 Å². The highest BCUT2D eigenvalue weighted by atomic mass is 32.1. The first-order valence-electron chi connectivity index (χ1n) is 6.88. The minimum atomic E-state index is 0.451. The van der Waals surface area contributed by atoms with Gasteiger partial charge in [0.2, 0.25) is 0 Å². The minimum Gasteiger partial charge on any atom is -0.496 e. The number of rotatable bonds is 6. The average Bonchev–Trinajstić information content (AvgIpc) is 2.55. The van der Waals surface area contributed by atoms with Crippen LogP contribution in [0.4, 0.5) is 0 Å². The highest BCUT2D eigenvalue weighted by Crippen LogP contribution is 2.26. The van der Waals surface area contributed by atoms with Gasteiger partial charge in [-0.3, -0.25) is 5.43 Å². The largest absolute Gasteiger partial charge is 0.496 e. The summed E-state index contributed by atoms with van der Waals surface area (Å²) in [5.74, 6) is 0.766. The first-order valence-corrected chi connectivity index (χ1v) is 7.28. The molecule has 0 heterocycles. The van der Waals surface area contributed by atoms with Crippen molar-refractivity contribution < 1.29 is 9.47 Å². The number of nitrogens with one attached hydrogen (secondary N) is 2. The van der Waals surface area contributed by atoms with Crippen LogP contribution in [0.1, 0.15) is 5.56 Å². The monoisotopic (exact) mass is 317 g/mol. The quantitative estimate of drug-likeness (QED) is 0.370. The van der Waals surface area contributed by atoms with Gasteiger partial charge in [-0.1, -0.05) is 30.3 Å². The molecule has 0 saturated heterocycles. The molecule has 2 N–H and O–H groups in total. The van der Waals surface area contributed by atoms with Crippen molar-refractivity contribution in [2.45, 2.75) is 0 Å². The highest BCUT2D eigenvalue weighted by molar-refractivity contribution is 7.80. The Morgan fingerprint density at radius 1 is 1.23 bits per heavy atom. The van der Waals surface area contributed by atoms with E-state index in [0.29, 0.717) is 18.3 Å². The standard InChI is InChI=1S/C16H19N3O2S/c1-20-10-9-17-16(22)19-18-11-14-13-6-4-3-5-12(13)7-8-15(14)21-2/h3-8,11H,9-10H2,1-2H3,(H2,17,19,22)/b18-11-. The van der Waals surface area contributed by atoms with Crippen LogP contribution in [-0.4, -0.2) is 38.7 Å². The van der Waals surface area contributed by atoms with Gasteiger partial charge < -0.3 is 14.8 Å². The van der Waals surface area contributed by atoms with Crippen molar-refractivity contribution in [2.24, 2.45) is 5.10 Å². The molecule has 0 radical (unpaired) electrons. The molecule has 0 amide bonds. The number of hydrogen-bond acceptors (Lipinski definition) is 4. The Hall–Kier alpha value is -2.18.